The average Bonchev–Trinajstić information content (AvgIpc) is 2.24. The fourth-order valence-corrected chi connectivity index (χ4v) is 1.62. The maximum Gasteiger partial charge on any atom is 0.269 e. The summed E-state index contributed by atoms with van der Waals surface area (Å²) in [6.45, 7) is 6.32. The minimum atomic E-state index is -0.541. The molecule has 0 spiro atoms. The van der Waals surface area contributed by atoms with Crippen molar-refractivity contribution in [2.45, 2.75) is 33.3 Å². The highest BCUT2D eigenvalue weighted by atomic mass is 16.6. The molecule has 5 heteroatoms. The summed E-state index contributed by atoms with van der Waals surface area (Å²) in [4.78, 5) is 10.00. The van der Waals surface area contributed by atoms with Crippen LogP contribution in [0.3, 0.4) is 0 Å². The van der Waals surface area contributed by atoms with Gasteiger partial charge in [0, 0.05) is 12.1 Å². The number of nitrogens with zero attached hydrogens (tertiary/aromatic N) is 1. The van der Waals surface area contributed by atoms with Crippen LogP contribution in [0.15, 0.2) is 24.3 Å². The Bertz CT molecular complexity index is 394. The molecule has 5 nitrogen and oxygen atoms in total. The SMILES string of the molecule is CC(C)(C)C[C@@H](O)COc1ccc([N+](=O)[O-])cc1. The number of ether oxygens (including phenoxy) is 1. The Morgan fingerprint density at radius 1 is 1.33 bits per heavy atom. The van der Waals surface area contributed by atoms with Crippen LogP contribution in [0.1, 0.15) is 27.2 Å². The zero-order valence-corrected chi connectivity index (χ0v) is 10.9. The largest absolute Gasteiger partial charge is 0.491 e. The first-order valence-electron chi connectivity index (χ1n) is 5.83. The third-order valence-corrected chi connectivity index (χ3v) is 2.34. The summed E-state index contributed by atoms with van der Waals surface area (Å²) in [5.41, 5.74) is 0.0655. The summed E-state index contributed by atoms with van der Waals surface area (Å²) < 4.78 is 5.38. The number of non-ortho nitro benzene ring substituents is 1. The molecule has 0 radical (unpaired) electrons. The topological polar surface area (TPSA) is 72.6 Å². The molecule has 0 aliphatic heterocycles. The van der Waals surface area contributed by atoms with Crippen LogP contribution in [-0.4, -0.2) is 22.7 Å². The van der Waals surface area contributed by atoms with Crippen LogP contribution in [0.25, 0.3) is 0 Å². The molecule has 1 aromatic carbocycles. The molecule has 1 N–H and O–H groups in total. The van der Waals surface area contributed by atoms with Crippen LogP contribution in [0.4, 0.5) is 5.69 Å². The lowest BCUT2D eigenvalue weighted by Gasteiger charge is -2.22. The zero-order valence-electron chi connectivity index (χ0n) is 10.9. The number of hydrogen-bond donors (Lipinski definition) is 1. The second-order valence-electron chi connectivity index (χ2n) is 5.48. The molecular weight excluding hydrogens is 234 g/mol. The van der Waals surface area contributed by atoms with Crippen molar-refractivity contribution in [3.8, 4) is 5.75 Å². The monoisotopic (exact) mass is 253 g/mol. The maximum atomic E-state index is 10.5. The number of aliphatic hydroxyl groups is 1. The lowest BCUT2D eigenvalue weighted by molar-refractivity contribution is -0.384. The van der Waals surface area contributed by atoms with Gasteiger partial charge in [-0.05, 0) is 24.0 Å². The number of hydrogen-bond acceptors (Lipinski definition) is 4. The van der Waals surface area contributed by atoms with E-state index in [4.69, 9.17) is 4.74 Å². The Morgan fingerprint density at radius 2 is 1.89 bits per heavy atom. The van der Waals surface area contributed by atoms with Crippen LogP contribution in [0.5, 0.6) is 5.75 Å². The normalized spacial score (nSPS) is 13.1. The standard InChI is InChI=1S/C13H19NO4/c1-13(2,3)8-11(15)9-18-12-6-4-10(5-7-12)14(16)17/h4-7,11,15H,8-9H2,1-3H3/t11-/m1/s1. The molecule has 0 bridgehead atoms. The van der Waals surface area contributed by atoms with Crippen molar-refractivity contribution in [3.63, 3.8) is 0 Å². The Hall–Kier alpha value is -1.62. The summed E-state index contributed by atoms with van der Waals surface area (Å²) >= 11 is 0. The molecule has 0 aliphatic carbocycles. The predicted molar refractivity (Wildman–Crippen MR) is 68.7 cm³/mol. The fourth-order valence-electron chi connectivity index (χ4n) is 1.62. The van der Waals surface area contributed by atoms with E-state index >= 15 is 0 Å². The molecule has 100 valence electrons. The van der Waals surface area contributed by atoms with Crippen molar-refractivity contribution < 1.29 is 14.8 Å². The highest BCUT2D eigenvalue weighted by Gasteiger charge is 2.17. The van der Waals surface area contributed by atoms with E-state index in [9.17, 15) is 15.2 Å². The van der Waals surface area contributed by atoms with E-state index in [0.717, 1.165) is 0 Å². The summed E-state index contributed by atoms with van der Waals surface area (Å²) in [6, 6.07) is 5.82. The molecule has 0 aromatic heterocycles. The van der Waals surface area contributed by atoms with Gasteiger partial charge in [0.25, 0.3) is 5.69 Å². The highest BCUT2D eigenvalue weighted by Crippen LogP contribution is 2.22. The fraction of sp³-hybridized carbons (Fsp3) is 0.538. The van der Waals surface area contributed by atoms with Crippen molar-refractivity contribution in [2.75, 3.05) is 6.61 Å². The van der Waals surface area contributed by atoms with Crippen molar-refractivity contribution in [1.29, 1.82) is 0 Å². The quantitative estimate of drug-likeness (QED) is 0.647. The second-order valence-corrected chi connectivity index (χ2v) is 5.48. The summed E-state index contributed by atoms with van der Waals surface area (Å²) in [7, 11) is 0. The van der Waals surface area contributed by atoms with Crippen LogP contribution in [-0.2, 0) is 0 Å². The van der Waals surface area contributed by atoms with Gasteiger partial charge in [0.05, 0.1) is 11.0 Å². The molecule has 0 amide bonds. The van der Waals surface area contributed by atoms with Gasteiger partial charge in [0.15, 0.2) is 0 Å². The van der Waals surface area contributed by atoms with Crippen LogP contribution in [0, 0.1) is 15.5 Å². The second kappa shape index (κ2) is 5.82. The third kappa shape index (κ3) is 5.14. The first-order chi connectivity index (χ1) is 8.28. The molecule has 0 fully saturated rings. The van der Waals surface area contributed by atoms with Crippen molar-refractivity contribution in [2.24, 2.45) is 5.41 Å². The number of rotatable bonds is 5. The Morgan fingerprint density at radius 3 is 2.33 bits per heavy atom. The lowest BCUT2D eigenvalue weighted by Crippen LogP contribution is -2.23. The van der Waals surface area contributed by atoms with Gasteiger partial charge in [0.1, 0.15) is 12.4 Å². The maximum absolute atomic E-state index is 10.5. The zero-order chi connectivity index (χ0) is 13.8. The van der Waals surface area contributed by atoms with Gasteiger partial charge < -0.3 is 9.84 Å². The number of benzene rings is 1. The lowest BCUT2D eigenvalue weighted by atomic mass is 9.89. The van der Waals surface area contributed by atoms with E-state index in [-0.39, 0.29) is 17.7 Å². The summed E-state index contributed by atoms with van der Waals surface area (Å²) in [6.07, 6.45) is 0.0974. The Labute approximate surface area is 107 Å². The van der Waals surface area contributed by atoms with Gasteiger partial charge in [-0.3, -0.25) is 10.1 Å². The molecule has 1 atom stereocenters. The Kier molecular flexibility index (Phi) is 4.67. The average molecular weight is 253 g/mol. The van der Waals surface area contributed by atoms with E-state index < -0.39 is 11.0 Å². The van der Waals surface area contributed by atoms with Crippen LogP contribution >= 0.6 is 0 Å². The summed E-state index contributed by atoms with van der Waals surface area (Å²) in [5.74, 6) is 0.522. The number of aliphatic hydroxyl groups excluding tert-OH is 1. The molecule has 0 saturated carbocycles. The molecular formula is C13H19NO4. The van der Waals surface area contributed by atoms with Gasteiger partial charge in [-0.15, -0.1) is 0 Å². The van der Waals surface area contributed by atoms with Crippen LogP contribution in [0.2, 0.25) is 0 Å². The van der Waals surface area contributed by atoms with E-state index in [2.05, 4.69) is 0 Å². The van der Waals surface area contributed by atoms with E-state index in [1.165, 1.54) is 24.3 Å². The minimum absolute atomic E-state index is 0.0255. The van der Waals surface area contributed by atoms with Crippen molar-refractivity contribution in [1.82, 2.24) is 0 Å². The number of nitro groups is 1. The number of nitro benzene ring substituents is 1. The van der Waals surface area contributed by atoms with Crippen molar-refractivity contribution >= 4 is 5.69 Å². The van der Waals surface area contributed by atoms with Gasteiger partial charge >= 0.3 is 0 Å². The van der Waals surface area contributed by atoms with E-state index in [1.807, 2.05) is 20.8 Å². The minimum Gasteiger partial charge on any atom is -0.491 e. The molecule has 0 unspecified atom stereocenters. The predicted octanol–water partition coefficient (Wildman–Crippen LogP) is 2.77. The molecule has 0 heterocycles. The molecule has 0 saturated heterocycles. The third-order valence-electron chi connectivity index (χ3n) is 2.34. The first kappa shape index (κ1) is 14.4. The Balaban J connectivity index is 2.46. The molecule has 18 heavy (non-hydrogen) atoms. The summed E-state index contributed by atoms with van der Waals surface area (Å²) in [5, 5.41) is 20.2. The van der Waals surface area contributed by atoms with Gasteiger partial charge in [0.2, 0.25) is 0 Å². The smallest absolute Gasteiger partial charge is 0.269 e. The molecule has 0 aliphatic rings. The first-order valence-corrected chi connectivity index (χ1v) is 5.83. The molecule has 1 rings (SSSR count). The highest BCUT2D eigenvalue weighted by molar-refractivity contribution is 5.35. The van der Waals surface area contributed by atoms with Crippen LogP contribution < -0.4 is 4.74 Å². The van der Waals surface area contributed by atoms with E-state index in [0.29, 0.717) is 12.2 Å². The van der Waals surface area contributed by atoms with Gasteiger partial charge in [-0.1, -0.05) is 20.8 Å². The molecule has 1 aromatic rings. The van der Waals surface area contributed by atoms with Gasteiger partial charge in [-0.25, -0.2) is 0 Å². The van der Waals surface area contributed by atoms with Crippen molar-refractivity contribution in [3.05, 3.63) is 34.4 Å². The van der Waals surface area contributed by atoms with Gasteiger partial charge in [-0.2, -0.15) is 0 Å². The van der Waals surface area contributed by atoms with E-state index in [1.54, 1.807) is 0 Å².